The van der Waals surface area contributed by atoms with Crippen molar-refractivity contribution in [2.24, 2.45) is 0 Å². The molecule has 0 aliphatic carbocycles. The molecule has 0 unspecified atom stereocenters. The zero-order chi connectivity index (χ0) is 11.5. The first-order chi connectivity index (χ1) is 7.70. The van der Waals surface area contributed by atoms with E-state index in [0.29, 0.717) is 28.7 Å². The summed E-state index contributed by atoms with van der Waals surface area (Å²) in [5.74, 6) is 0.921. The molecule has 0 radical (unpaired) electrons. The lowest BCUT2D eigenvalue weighted by atomic mass is 10.1. The molecule has 1 aliphatic rings. The van der Waals surface area contributed by atoms with Gasteiger partial charge in [-0.25, -0.2) is 0 Å². The summed E-state index contributed by atoms with van der Waals surface area (Å²) in [6, 6.07) is 3.36. The van der Waals surface area contributed by atoms with Crippen LogP contribution in [0.1, 0.15) is 12.5 Å². The number of halogens is 1. The predicted molar refractivity (Wildman–Crippen MR) is 57.9 cm³/mol. The van der Waals surface area contributed by atoms with Gasteiger partial charge in [0.05, 0.1) is 13.0 Å². The van der Waals surface area contributed by atoms with E-state index < -0.39 is 0 Å². The van der Waals surface area contributed by atoms with Crippen LogP contribution in [0.2, 0.25) is 5.02 Å². The molecular formula is C11H11ClO4. The third-order valence-electron chi connectivity index (χ3n) is 2.18. The Kier molecular flexibility index (Phi) is 3.19. The number of rotatable bonds is 3. The van der Waals surface area contributed by atoms with Crippen LogP contribution in [0.25, 0.3) is 0 Å². The second-order valence-corrected chi connectivity index (χ2v) is 3.69. The molecule has 0 amide bonds. The van der Waals surface area contributed by atoms with Gasteiger partial charge in [0.2, 0.25) is 6.79 Å². The van der Waals surface area contributed by atoms with Crippen molar-refractivity contribution in [2.45, 2.75) is 13.3 Å². The monoisotopic (exact) mass is 242 g/mol. The minimum Gasteiger partial charge on any atom is -0.466 e. The van der Waals surface area contributed by atoms with E-state index in [1.54, 1.807) is 19.1 Å². The first-order valence-corrected chi connectivity index (χ1v) is 5.32. The Morgan fingerprint density at radius 2 is 2.12 bits per heavy atom. The first kappa shape index (κ1) is 11.1. The molecule has 16 heavy (non-hydrogen) atoms. The number of carbonyl (C=O) groups is 1. The van der Waals surface area contributed by atoms with Gasteiger partial charge in [0.15, 0.2) is 11.5 Å². The van der Waals surface area contributed by atoms with Crippen molar-refractivity contribution in [3.05, 3.63) is 22.7 Å². The van der Waals surface area contributed by atoms with E-state index >= 15 is 0 Å². The Labute approximate surface area is 98.1 Å². The summed E-state index contributed by atoms with van der Waals surface area (Å²) < 4.78 is 15.2. The van der Waals surface area contributed by atoms with Crippen molar-refractivity contribution < 1.29 is 19.0 Å². The molecule has 0 atom stereocenters. The quantitative estimate of drug-likeness (QED) is 0.762. The number of ether oxygens (including phenoxy) is 3. The van der Waals surface area contributed by atoms with Gasteiger partial charge in [-0.05, 0) is 18.6 Å². The van der Waals surface area contributed by atoms with Gasteiger partial charge in [-0.15, -0.1) is 0 Å². The van der Waals surface area contributed by atoms with Crippen molar-refractivity contribution in [1.82, 2.24) is 0 Å². The van der Waals surface area contributed by atoms with E-state index in [1.165, 1.54) is 0 Å². The SMILES string of the molecule is CCOC(=O)Cc1cc2c(cc1Cl)OCO2. The standard InChI is InChI=1S/C11H11ClO4/c1-2-14-11(13)4-7-3-9-10(5-8(7)12)16-6-15-9/h3,5H,2,4,6H2,1H3. The Hall–Kier alpha value is -1.42. The summed E-state index contributed by atoms with van der Waals surface area (Å²) in [6.45, 7) is 2.31. The molecular weight excluding hydrogens is 232 g/mol. The fourth-order valence-electron chi connectivity index (χ4n) is 1.46. The number of esters is 1. The summed E-state index contributed by atoms with van der Waals surface area (Å²) in [4.78, 5) is 11.3. The van der Waals surface area contributed by atoms with Crippen LogP contribution in [0.5, 0.6) is 11.5 Å². The fourth-order valence-corrected chi connectivity index (χ4v) is 1.68. The summed E-state index contributed by atoms with van der Waals surface area (Å²) >= 11 is 6.01. The predicted octanol–water partition coefficient (Wildman–Crippen LogP) is 2.17. The second-order valence-electron chi connectivity index (χ2n) is 3.28. The van der Waals surface area contributed by atoms with Gasteiger partial charge < -0.3 is 14.2 Å². The lowest BCUT2D eigenvalue weighted by Crippen LogP contribution is -2.07. The Bertz CT molecular complexity index is 417. The molecule has 1 aliphatic heterocycles. The van der Waals surface area contributed by atoms with E-state index in [-0.39, 0.29) is 19.2 Å². The molecule has 1 aromatic rings. The van der Waals surface area contributed by atoms with Crippen LogP contribution >= 0.6 is 11.6 Å². The third kappa shape index (κ3) is 2.22. The van der Waals surface area contributed by atoms with E-state index in [2.05, 4.69) is 0 Å². The Balaban J connectivity index is 2.18. The smallest absolute Gasteiger partial charge is 0.310 e. The van der Waals surface area contributed by atoms with Crippen LogP contribution in [0.3, 0.4) is 0 Å². The minimum absolute atomic E-state index is 0.142. The van der Waals surface area contributed by atoms with Gasteiger partial charge in [-0.3, -0.25) is 4.79 Å². The average Bonchev–Trinajstić information content (AvgIpc) is 2.65. The van der Waals surface area contributed by atoms with Crippen molar-refractivity contribution >= 4 is 17.6 Å². The molecule has 2 rings (SSSR count). The van der Waals surface area contributed by atoms with Gasteiger partial charge in [0, 0.05) is 11.1 Å². The van der Waals surface area contributed by atoms with E-state index in [4.69, 9.17) is 25.8 Å². The van der Waals surface area contributed by atoms with Crippen LogP contribution in [0.4, 0.5) is 0 Å². The zero-order valence-electron chi connectivity index (χ0n) is 8.79. The van der Waals surface area contributed by atoms with Gasteiger partial charge in [0.25, 0.3) is 0 Å². The zero-order valence-corrected chi connectivity index (χ0v) is 9.54. The minimum atomic E-state index is -0.303. The summed E-state index contributed by atoms with van der Waals surface area (Å²) in [5.41, 5.74) is 0.685. The maximum Gasteiger partial charge on any atom is 0.310 e. The highest BCUT2D eigenvalue weighted by Gasteiger charge is 2.18. The number of hydrogen-bond acceptors (Lipinski definition) is 4. The Morgan fingerprint density at radius 3 is 2.81 bits per heavy atom. The molecule has 4 nitrogen and oxygen atoms in total. The normalized spacial score (nSPS) is 12.6. The average molecular weight is 243 g/mol. The lowest BCUT2D eigenvalue weighted by Gasteiger charge is -2.05. The molecule has 0 N–H and O–H groups in total. The highest BCUT2D eigenvalue weighted by Crippen LogP contribution is 2.36. The molecule has 0 saturated heterocycles. The molecule has 0 aromatic heterocycles. The molecule has 86 valence electrons. The maximum atomic E-state index is 11.3. The summed E-state index contributed by atoms with van der Waals surface area (Å²) in [5, 5.41) is 0.484. The molecule has 1 heterocycles. The molecule has 5 heteroatoms. The number of hydrogen-bond donors (Lipinski definition) is 0. The van der Waals surface area contributed by atoms with Crippen molar-refractivity contribution in [1.29, 1.82) is 0 Å². The molecule has 0 saturated carbocycles. The van der Waals surface area contributed by atoms with Crippen LogP contribution < -0.4 is 9.47 Å². The van der Waals surface area contributed by atoms with Crippen molar-refractivity contribution in [2.75, 3.05) is 13.4 Å². The highest BCUT2D eigenvalue weighted by molar-refractivity contribution is 6.31. The van der Waals surface area contributed by atoms with Crippen molar-refractivity contribution in [3.8, 4) is 11.5 Å². The summed E-state index contributed by atoms with van der Waals surface area (Å²) in [7, 11) is 0. The molecule has 0 spiro atoms. The van der Waals surface area contributed by atoms with Gasteiger partial charge in [-0.1, -0.05) is 11.6 Å². The van der Waals surface area contributed by atoms with Crippen LogP contribution in [-0.2, 0) is 16.0 Å². The van der Waals surface area contributed by atoms with Crippen molar-refractivity contribution in [3.63, 3.8) is 0 Å². The van der Waals surface area contributed by atoms with E-state index in [1.807, 2.05) is 0 Å². The van der Waals surface area contributed by atoms with Gasteiger partial charge >= 0.3 is 5.97 Å². The van der Waals surface area contributed by atoms with Crippen LogP contribution in [0.15, 0.2) is 12.1 Å². The van der Waals surface area contributed by atoms with Crippen LogP contribution in [-0.4, -0.2) is 19.4 Å². The lowest BCUT2D eigenvalue weighted by molar-refractivity contribution is -0.142. The molecule has 0 fully saturated rings. The summed E-state index contributed by atoms with van der Waals surface area (Å²) in [6.07, 6.45) is 0.142. The van der Waals surface area contributed by atoms with E-state index in [0.717, 1.165) is 0 Å². The second kappa shape index (κ2) is 4.61. The number of benzene rings is 1. The third-order valence-corrected chi connectivity index (χ3v) is 2.53. The molecule has 1 aromatic carbocycles. The molecule has 0 bridgehead atoms. The van der Waals surface area contributed by atoms with Crippen LogP contribution in [0, 0.1) is 0 Å². The van der Waals surface area contributed by atoms with Gasteiger partial charge in [0.1, 0.15) is 0 Å². The topological polar surface area (TPSA) is 44.8 Å². The largest absolute Gasteiger partial charge is 0.466 e. The highest BCUT2D eigenvalue weighted by atomic mass is 35.5. The fraction of sp³-hybridized carbons (Fsp3) is 0.364. The van der Waals surface area contributed by atoms with E-state index in [9.17, 15) is 4.79 Å². The Morgan fingerprint density at radius 1 is 1.44 bits per heavy atom. The number of fused-ring (bicyclic) bond motifs is 1. The maximum absolute atomic E-state index is 11.3. The first-order valence-electron chi connectivity index (χ1n) is 4.94. The van der Waals surface area contributed by atoms with Gasteiger partial charge in [-0.2, -0.15) is 0 Å². The number of carbonyl (C=O) groups excluding carboxylic acids is 1.